The van der Waals surface area contributed by atoms with Crippen LogP contribution < -0.4 is 4.90 Å². The third kappa shape index (κ3) is 4.75. The molecule has 4 nitrogen and oxygen atoms in total. The molecule has 0 saturated carbocycles. The standard InChI is InChI=1S/C11H13BrN2O2S/c1-14(3-4-17(2,15)16)11-6-9(8-13)5-10(12)7-11/h5-7H,3-4H2,1-2H3. The van der Waals surface area contributed by atoms with E-state index in [9.17, 15) is 8.42 Å². The second kappa shape index (κ2) is 5.52. The second-order valence-electron chi connectivity index (χ2n) is 3.86. The van der Waals surface area contributed by atoms with Crippen LogP contribution >= 0.6 is 15.9 Å². The molecule has 0 fully saturated rings. The van der Waals surface area contributed by atoms with Crippen molar-refractivity contribution in [3.63, 3.8) is 0 Å². The second-order valence-corrected chi connectivity index (χ2v) is 7.04. The molecule has 0 amide bonds. The van der Waals surface area contributed by atoms with Crippen molar-refractivity contribution in [1.29, 1.82) is 5.26 Å². The van der Waals surface area contributed by atoms with Crippen LogP contribution in [-0.2, 0) is 9.84 Å². The van der Waals surface area contributed by atoms with Gasteiger partial charge in [-0.15, -0.1) is 0 Å². The maximum absolute atomic E-state index is 11.1. The number of hydrogen-bond donors (Lipinski definition) is 0. The zero-order valence-corrected chi connectivity index (χ0v) is 12.0. The van der Waals surface area contributed by atoms with Gasteiger partial charge in [0.05, 0.1) is 17.4 Å². The summed E-state index contributed by atoms with van der Waals surface area (Å²) >= 11 is 3.32. The van der Waals surface area contributed by atoms with Crippen molar-refractivity contribution in [3.8, 4) is 6.07 Å². The van der Waals surface area contributed by atoms with E-state index >= 15 is 0 Å². The number of halogens is 1. The summed E-state index contributed by atoms with van der Waals surface area (Å²) in [5.41, 5.74) is 1.36. The van der Waals surface area contributed by atoms with Gasteiger partial charge in [-0.05, 0) is 18.2 Å². The number of nitrogens with zero attached hydrogens (tertiary/aromatic N) is 2. The van der Waals surface area contributed by atoms with E-state index in [0.717, 1.165) is 10.2 Å². The minimum Gasteiger partial charge on any atom is -0.374 e. The van der Waals surface area contributed by atoms with Gasteiger partial charge in [0.25, 0.3) is 0 Å². The molecule has 0 aliphatic carbocycles. The normalized spacial score (nSPS) is 10.9. The van der Waals surface area contributed by atoms with Gasteiger partial charge in [0.1, 0.15) is 9.84 Å². The van der Waals surface area contributed by atoms with Crippen LogP contribution in [0.5, 0.6) is 0 Å². The van der Waals surface area contributed by atoms with Crippen LogP contribution in [0.3, 0.4) is 0 Å². The Kier molecular flexibility index (Phi) is 4.54. The Balaban J connectivity index is 2.86. The average Bonchev–Trinajstić information content (AvgIpc) is 2.23. The van der Waals surface area contributed by atoms with Crippen molar-refractivity contribution in [2.45, 2.75) is 0 Å². The molecule has 0 N–H and O–H groups in total. The Morgan fingerprint density at radius 1 is 1.41 bits per heavy atom. The molecule has 1 rings (SSSR count). The topological polar surface area (TPSA) is 61.2 Å². The lowest BCUT2D eigenvalue weighted by Gasteiger charge is -2.19. The predicted molar refractivity (Wildman–Crippen MR) is 71.8 cm³/mol. The molecule has 0 saturated heterocycles. The Morgan fingerprint density at radius 2 is 2.06 bits per heavy atom. The zero-order valence-electron chi connectivity index (χ0n) is 9.64. The number of rotatable bonds is 4. The smallest absolute Gasteiger partial charge is 0.149 e. The number of benzene rings is 1. The van der Waals surface area contributed by atoms with Crippen LogP contribution in [0.15, 0.2) is 22.7 Å². The average molecular weight is 317 g/mol. The van der Waals surface area contributed by atoms with E-state index in [1.807, 2.05) is 11.0 Å². The number of hydrogen-bond acceptors (Lipinski definition) is 4. The molecule has 1 aromatic carbocycles. The highest BCUT2D eigenvalue weighted by Crippen LogP contribution is 2.21. The van der Waals surface area contributed by atoms with E-state index in [2.05, 4.69) is 22.0 Å². The summed E-state index contributed by atoms with van der Waals surface area (Å²) < 4.78 is 22.9. The third-order valence-electron chi connectivity index (χ3n) is 2.25. The number of sulfone groups is 1. The lowest BCUT2D eigenvalue weighted by atomic mass is 10.2. The molecule has 0 unspecified atom stereocenters. The van der Waals surface area contributed by atoms with Gasteiger partial charge in [0, 0.05) is 30.0 Å². The van der Waals surface area contributed by atoms with Crippen molar-refractivity contribution in [2.24, 2.45) is 0 Å². The fourth-order valence-electron chi connectivity index (χ4n) is 1.29. The summed E-state index contributed by atoms with van der Waals surface area (Å²) in [7, 11) is -1.17. The Bertz CT molecular complexity index is 549. The first-order chi connectivity index (χ1) is 7.81. The summed E-state index contributed by atoms with van der Waals surface area (Å²) in [6.45, 7) is 0.403. The van der Waals surface area contributed by atoms with Crippen molar-refractivity contribution < 1.29 is 8.42 Å². The molecule has 0 aliphatic rings. The van der Waals surface area contributed by atoms with Gasteiger partial charge in [-0.1, -0.05) is 15.9 Å². The molecular formula is C11H13BrN2O2S. The summed E-state index contributed by atoms with van der Waals surface area (Å²) in [6.07, 6.45) is 1.21. The molecule has 1 aromatic rings. The first kappa shape index (κ1) is 14.0. The number of nitriles is 1. The van der Waals surface area contributed by atoms with E-state index < -0.39 is 9.84 Å². The molecule has 92 valence electrons. The first-order valence-corrected chi connectivity index (χ1v) is 7.77. The van der Waals surface area contributed by atoms with Gasteiger partial charge in [-0.25, -0.2) is 8.42 Å². The van der Waals surface area contributed by atoms with E-state index in [-0.39, 0.29) is 5.75 Å². The van der Waals surface area contributed by atoms with Gasteiger partial charge < -0.3 is 4.90 Å². The summed E-state index contributed by atoms with van der Waals surface area (Å²) in [5.74, 6) is 0.0951. The molecule has 17 heavy (non-hydrogen) atoms. The lowest BCUT2D eigenvalue weighted by Crippen LogP contribution is -2.24. The largest absolute Gasteiger partial charge is 0.374 e. The maximum atomic E-state index is 11.1. The molecule has 0 heterocycles. The van der Waals surface area contributed by atoms with Crippen LogP contribution in [0.25, 0.3) is 0 Å². The van der Waals surface area contributed by atoms with E-state index in [1.54, 1.807) is 19.2 Å². The molecule has 0 spiro atoms. The molecule has 0 atom stereocenters. The van der Waals surface area contributed by atoms with Crippen molar-refractivity contribution in [2.75, 3.05) is 30.5 Å². The molecule has 6 heteroatoms. The van der Waals surface area contributed by atoms with Gasteiger partial charge in [-0.3, -0.25) is 0 Å². The highest BCUT2D eigenvalue weighted by molar-refractivity contribution is 9.10. The highest BCUT2D eigenvalue weighted by atomic mass is 79.9. The summed E-state index contributed by atoms with van der Waals surface area (Å²) in [4.78, 5) is 1.81. The molecular weight excluding hydrogens is 304 g/mol. The third-order valence-corrected chi connectivity index (χ3v) is 3.63. The van der Waals surface area contributed by atoms with E-state index in [4.69, 9.17) is 5.26 Å². The van der Waals surface area contributed by atoms with Crippen LogP contribution in [0.4, 0.5) is 5.69 Å². The number of anilines is 1. The SMILES string of the molecule is CN(CCS(C)(=O)=O)c1cc(Br)cc(C#N)c1. The minimum absolute atomic E-state index is 0.0951. The fraction of sp³-hybridized carbons (Fsp3) is 0.364. The van der Waals surface area contributed by atoms with Gasteiger partial charge in [-0.2, -0.15) is 5.26 Å². The summed E-state index contributed by atoms with van der Waals surface area (Å²) in [6, 6.07) is 7.36. The predicted octanol–water partition coefficient (Wildman–Crippen LogP) is 1.80. The summed E-state index contributed by atoms with van der Waals surface area (Å²) in [5, 5.41) is 8.84. The van der Waals surface area contributed by atoms with Gasteiger partial charge in [0.2, 0.25) is 0 Å². The lowest BCUT2D eigenvalue weighted by molar-refractivity contribution is 0.601. The van der Waals surface area contributed by atoms with Crippen LogP contribution in [0, 0.1) is 11.3 Å². The molecule has 0 aliphatic heterocycles. The van der Waals surface area contributed by atoms with E-state index in [0.29, 0.717) is 12.1 Å². The zero-order chi connectivity index (χ0) is 13.1. The Hall–Kier alpha value is -1.06. The van der Waals surface area contributed by atoms with E-state index in [1.165, 1.54) is 6.26 Å². The maximum Gasteiger partial charge on any atom is 0.149 e. The molecule has 0 radical (unpaired) electrons. The Labute approximate surface area is 110 Å². The first-order valence-electron chi connectivity index (χ1n) is 4.91. The monoisotopic (exact) mass is 316 g/mol. The Morgan fingerprint density at radius 3 is 2.59 bits per heavy atom. The van der Waals surface area contributed by atoms with Crippen molar-refractivity contribution in [3.05, 3.63) is 28.2 Å². The van der Waals surface area contributed by atoms with Crippen LogP contribution in [0.2, 0.25) is 0 Å². The highest BCUT2D eigenvalue weighted by Gasteiger charge is 2.08. The minimum atomic E-state index is -2.97. The van der Waals surface area contributed by atoms with Gasteiger partial charge >= 0.3 is 0 Å². The fourth-order valence-corrected chi connectivity index (χ4v) is 2.38. The van der Waals surface area contributed by atoms with Crippen molar-refractivity contribution >= 4 is 31.5 Å². The molecule has 0 aromatic heterocycles. The van der Waals surface area contributed by atoms with Gasteiger partial charge in [0.15, 0.2) is 0 Å². The van der Waals surface area contributed by atoms with Crippen molar-refractivity contribution in [1.82, 2.24) is 0 Å². The van der Waals surface area contributed by atoms with Crippen LogP contribution in [0.1, 0.15) is 5.56 Å². The molecule has 0 bridgehead atoms. The van der Waals surface area contributed by atoms with Crippen LogP contribution in [-0.4, -0.2) is 34.0 Å². The quantitative estimate of drug-likeness (QED) is 0.849.